The first-order valence-electron chi connectivity index (χ1n) is 6.48. The Morgan fingerprint density at radius 3 is 2.75 bits per heavy atom. The van der Waals surface area contributed by atoms with Gasteiger partial charge in [-0.05, 0) is 45.7 Å². The second-order valence-corrected chi connectivity index (χ2v) is 5.72. The van der Waals surface area contributed by atoms with Gasteiger partial charge < -0.3 is 15.4 Å². The fourth-order valence-electron chi connectivity index (χ4n) is 1.40. The number of alkyl carbamates (subject to hydrolysis) is 1. The molecule has 0 aromatic carbocycles. The van der Waals surface area contributed by atoms with Crippen molar-refractivity contribution in [1.82, 2.24) is 15.3 Å². The molecule has 6 nitrogen and oxygen atoms in total. The lowest BCUT2D eigenvalue weighted by molar-refractivity contribution is 0.0528. The molecular formula is C13H21ClN4O2. The third-order valence-electron chi connectivity index (χ3n) is 2.26. The van der Waals surface area contributed by atoms with E-state index >= 15 is 0 Å². The summed E-state index contributed by atoms with van der Waals surface area (Å²) in [5, 5.41) is 6.05. The van der Waals surface area contributed by atoms with E-state index in [0.29, 0.717) is 18.9 Å². The molecule has 0 unspecified atom stereocenters. The minimum Gasteiger partial charge on any atom is -0.444 e. The second kappa shape index (κ2) is 7.28. The Hall–Kier alpha value is -1.56. The van der Waals surface area contributed by atoms with Gasteiger partial charge in [0.25, 0.3) is 0 Å². The maximum Gasteiger partial charge on any atom is 0.407 e. The molecule has 1 aromatic rings. The van der Waals surface area contributed by atoms with Crippen LogP contribution in [0.4, 0.5) is 10.6 Å². The molecule has 0 spiro atoms. The van der Waals surface area contributed by atoms with Crippen LogP contribution < -0.4 is 10.6 Å². The molecule has 2 N–H and O–H groups in total. The van der Waals surface area contributed by atoms with E-state index in [1.807, 2.05) is 27.7 Å². The van der Waals surface area contributed by atoms with Gasteiger partial charge in [0.1, 0.15) is 11.4 Å². The Labute approximate surface area is 124 Å². The highest BCUT2D eigenvalue weighted by atomic mass is 35.5. The Bertz CT molecular complexity index is 460. The van der Waals surface area contributed by atoms with E-state index in [4.69, 9.17) is 16.3 Å². The van der Waals surface area contributed by atoms with Crippen LogP contribution in [0.25, 0.3) is 0 Å². The average molecular weight is 301 g/mol. The van der Waals surface area contributed by atoms with Gasteiger partial charge in [0.2, 0.25) is 5.28 Å². The summed E-state index contributed by atoms with van der Waals surface area (Å²) in [6.45, 7) is 8.59. The number of carbonyl (C=O) groups excluding carboxylic acids is 1. The van der Waals surface area contributed by atoms with Crippen molar-refractivity contribution in [2.24, 2.45) is 0 Å². The van der Waals surface area contributed by atoms with E-state index < -0.39 is 11.7 Å². The van der Waals surface area contributed by atoms with Gasteiger partial charge in [-0.1, -0.05) is 0 Å². The van der Waals surface area contributed by atoms with Crippen molar-refractivity contribution in [3.05, 3.63) is 17.0 Å². The zero-order chi connectivity index (χ0) is 15.2. The first-order valence-corrected chi connectivity index (χ1v) is 6.85. The normalized spacial score (nSPS) is 11.1. The van der Waals surface area contributed by atoms with Crippen LogP contribution in [0.1, 0.15) is 32.8 Å². The molecule has 0 saturated carbocycles. The van der Waals surface area contributed by atoms with E-state index in [1.165, 1.54) is 0 Å². The van der Waals surface area contributed by atoms with Gasteiger partial charge in [-0.15, -0.1) is 0 Å². The van der Waals surface area contributed by atoms with Crippen LogP contribution in [0, 0.1) is 6.92 Å². The highest BCUT2D eigenvalue weighted by molar-refractivity contribution is 6.28. The standard InChI is InChI=1S/C13H21ClN4O2/c1-9-8-17-11(14)18-10(9)15-6-5-7-16-12(19)20-13(2,3)4/h8H,5-7H2,1-4H3,(H,16,19)(H,15,17,18). The summed E-state index contributed by atoms with van der Waals surface area (Å²) in [7, 11) is 0. The van der Waals surface area contributed by atoms with Crippen LogP contribution in [-0.4, -0.2) is 34.8 Å². The molecule has 0 aliphatic heterocycles. The predicted molar refractivity (Wildman–Crippen MR) is 79.1 cm³/mol. The van der Waals surface area contributed by atoms with Crippen LogP contribution in [0.5, 0.6) is 0 Å². The molecule has 0 bridgehead atoms. The number of nitrogens with zero attached hydrogens (tertiary/aromatic N) is 2. The Morgan fingerprint density at radius 2 is 2.10 bits per heavy atom. The largest absolute Gasteiger partial charge is 0.444 e. The highest BCUT2D eigenvalue weighted by Crippen LogP contribution is 2.12. The molecule has 0 radical (unpaired) electrons. The zero-order valence-corrected chi connectivity index (χ0v) is 13.0. The van der Waals surface area contributed by atoms with Crippen molar-refractivity contribution in [2.75, 3.05) is 18.4 Å². The number of ether oxygens (including phenoxy) is 1. The highest BCUT2D eigenvalue weighted by Gasteiger charge is 2.15. The minimum absolute atomic E-state index is 0.213. The number of halogens is 1. The molecule has 0 fully saturated rings. The number of anilines is 1. The van der Waals surface area contributed by atoms with Gasteiger partial charge >= 0.3 is 6.09 Å². The number of aryl methyl sites for hydroxylation is 1. The Balaban J connectivity index is 2.22. The summed E-state index contributed by atoms with van der Waals surface area (Å²) < 4.78 is 5.13. The molecule has 1 heterocycles. The molecule has 1 aromatic heterocycles. The van der Waals surface area contributed by atoms with E-state index in [1.54, 1.807) is 6.20 Å². The molecule has 112 valence electrons. The molecule has 0 atom stereocenters. The van der Waals surface area contributed by atoms with E-state index in [0.717, 1.165) is 12.0 Å². The molecule has 0 saturated heterocycles. The van der Waals surface area contributed by atoms with Gasteiger partial charge in [-0.25, -0.2) is 14.8 Å². The van der Waals surface area contributed by atoms with E-state index in [-0.39, 0.29) is 5.28 Å². The lowest BCUT2D eigenvalue weighted by Crippen LogP contribution is -2.33. The van der Waals surface area contributed by atoms with Gasteiger partial charge in [0.15, 0.2) is 0 Å². The van der Waals surface area contributed by atoms with Crippen molar-refractivity contribution >= 4 is 23.5 Å². The summed E-state index contributed by atoms with van der Waals surface area (Å²) in [4.78, 5) is 19.4. The Morgan fingerprint density at radius 1 is 1.40 bits per heavy atom. The third-order valence-corrected chi connectivity index (χ3v) is 2.44. The maximum absolute atomic E-state index is 11.4. The van der Waals surface area contributed by atoms with Gasteiger partial charge in [-0.3, -0.25) is 0 Å². The number of hydrogen-bond donors (Lipinski definition) is 2. The number of amides is 1. The minimum atomic E-state index is -0.475. The quantitative estimate of drug-likeness (QED) is 0.646. The topological polar surface area (TPSA) is 76.1 Å². The number of carbonyl (C=O) groups is 1. The first-order chi connectivity index (χ1) is 9.28. The maximum atomic E-state index is 11.4. The molecule has 20 heavy (non-hydrogen) atoms. The molecule has 7 heteroatoms. The number of rotatable bonds is 5. The smallest absolute Gasteiger partial charge is 0.407 e. The van der Waals surface area contributed by atoms with Crippen molar-refractivity contribution in [2.45, 2.75) is 39.7 Å². The van der Waals surface area contributed by atoms with Crippen molar-refractivity contribution in [3.8, 4) is 0 Å². The SMILES string of the molecule is Cc1cnc(Cl)nc1NCCCNC(=O)OC(C)(C)C. The van der Waals surface area contributed by atoms with Crippen LogP contribution >= 0.6 is 11.6 Å². The van der Waals surface area contributed by atoms with Crippen LogP contribution in [0.3, 0.4) is 0 Å². The fourth-order valence-corrected chi connectivity index (χ4v) is 1.53. The summed E-state index contributed by atoms with van der Waals surface area (Å²) >= 11 is 5.72. The first kappa shape index (κ1) is 16.5. The third kappa shape index (κ3) is 6.56. The van der Waals surface area contributed by atoms with Crippen molar-refractivity contribution in [3.63, 3.8) is 0 Å². The molecule has 0 aliphatic carbocycles. The monoisotopic (exact) mass is 300 g/mol. The molecule has 1 rings (SSSR count). The summed E-state index contributed by atoms with van der Waals surface area (Å²) in [5.74, 6) is 0.710. The lowest BCUT2D eigenvalue weighted by atomic mass is 10.2. The number of nitrogens with one attached hydrogen (secondary N) is 2. The summed E-state index contributed by atoms with van der Waals surface area (Å²) in [5.41, 5.74) is 0.450. The van der Waals surface area contributed by atoms with E-state index in [9.17, 15) is 4.79 Å². The molecular weight excluding hydrogens is 280 g/mol. The average Bonchev–Trinajstić information content (AvgIpc) is 2.30. The van der Waals surface area contributed by atoms with Crippen molar-refractivity contribution in [1.29, 1.82) is 0 Å². The second-order valence-electron chi connectivity index (χ2n) is 5.38. The van der Waals surface area contributed by atoms with Gasteiger partial charge in [0.05, 0.1) is 0 Å². The van der Waals surface area contributed by atoms with Gasteiger partial charge in [0, 0.05) is 24.8 Å². The molecule has 1 amide bonds. The van der Waals surface area contributed by atoms with Gasteiger partial charge in [-0.2, -0.15) is 0 Å². The summed E-state index contributed by atoms with van der Waals surface area (Å²) in [6.07, 6.45) is 2.01. The van der Waals surface area contributed by atoms with Crippen molar-refractivity contribution < 1.29 is 9.53 Å². The molecule has 0 aliphatic rings. The zero-order valence-electron chi connectivity index (χ0n) is 12.3. The van der Waals surface area contributed by atoms with Crippen LogP contribution in [-0.2, 0) is 4.74 Å². The summed E-state index contributed by atoms with van der Waals surface area (Å²) in [6, 6.07) is 0. The van der Waals surface area contributed by atoms with Crippen LogP contribution in [0.15, 0.2) is 6.20 Å². The fraction of sp³-hybridized carbons (Fsp3) is 0.615. The lowest BCUT2D eigenvalue weighted by Gasteiger charge is -2.19. The van der Waals surface area contributed by atoms with Crippen LogP contribution in [0.2, 0.25) is 5.28 Å². The van der Waals surface area contributed by atoms with E-state index in [2.05, 4.69) is 20.6 Å². The number of aromatic nitrogens is 2. The Kier molecular flexibility index (Phi) is 6.01. The number of hydrogen-bond acceptors (Lipinski definition) is 5. The predicted octanol–water partition coefficient (Wildman–Crippen LogP) is 2.77.